The minimum Gasteiger partial charge on any atom is -0.497 e. The number of hydrogen-bond donors (Lipinski definition) is 2. The van der Waals surface area contributed by atoms with E-state index >= 15 is 0 Å². The molecule has 0 radical (unpaired) electrons. The lowest BCUT2D eigenvalue weighted by Gasteiger charge is -2.08. The van der Waals surface area contributed by atoms with Crippen LogP contribution in [0.3, 0.4) is 0 Å². The molecule has 0 aliphatic rings. The number of nitrogens with one attached hydrogen (secondary N) is 2. The average Bonchev–Trinajstić information content (AvgIpc) is 2.65. The van der Waals surface area contributed by atoms with Crippen LogP contribution in [-0.2, 0) is 16.6 Å². The molecule has 0 bridgehead atoms. The molecule has 0 unspecified atom stereocenters. The van der Waals surface area contributed by atoms with E-state index in [0.29, 0.717) is 17.9 Å². The van der Waals surface area contributed by atoms with Crippen molar-refractivity contribution in [1.29, 1.82) is 0 Å². The third-order valence-corrected chi connectivity index (χ3v) is 5.00. The summed E-state index contributed by atoms with van der Waals surface area (Å²) in [5.41, 5.74) is 1.32. The van der Waals surface area contributed by atoms with Crippen molar-refractivity contribution in [2.45, 2.75) is 24.8 Å². The topological polar surface area (TPSA) is 84.5 Å². The molecular weight excluding hydrogens is 340 g/mol. The molecule has 0 saturated carbocycles. The van der Waals surface area contributed by atoms with E-state index in [-0.39, 0.29) is 17.3 Å². The Hall–Kier alpha value is -2.38. The summed E-state index contributed by atoms with van der Waals surface area (Å²) in [6.07, 6.45) is 0.872. The van der Waals surface area contributed by atoms with Gasteiger partial charge in [0.25, 0.3) is 5.91 Å². The minimum absolute atomic E-state index is 0.132. The second-order valence-electron chi connectivity index (χ2n) is 5.45. The Kier molecular flexibility index (Phi) is 6.55. The lowest BCUT2D eigenvalue weighted by Crippen LogP contribution is -2.24. The Morgan fingerprint density at radius 1 is 1.04 bits per heavy atom. The number of ether oxygens (including phenoxy) is 1. The molecular formula is C18H22N2O4S. The van der Waals surface area contributed by atoms with Gasteiger partial charge in [0.2, 0.25) is 10.0 Å². The fourth-order valence-corrected chi connectivity index (χ4v) is 3.15. The van der Waals surface area contributed by atoms with Crippen molar-refractivity contribution in [3.63, 3.8) is 0 Å². The number of rotatable bonds is 8. The number of benzene rings is 2. The van der Waals surface area contributed by atoms with Crippen molar-refractivity contribution >= 4 is 15.9 Å². The van der Waals surface area contributed by atoms with Gasteiger partial charge in [-0.05, 0) is 48.4 Å². The van der Waals surface area contributed by atoms with Gasteiger partial charge in [-0.1, -0.05) is 19.1 Å². The Morgan fingerprint density at radius 2 is 1.68 bits per heavy atom. The lowest BCUT2D eigenvalue weighted by atomic mass is 10.1. The van der Waals surface area contributed by atoms with Gasteiger partial charge < -0.3 is 10.1 Å². The van der Waals surface area contributed by atoms with E-state index in [1.807, 2.05) is 6.92 Å². The summed E-state index contributed by atoms with van der Waals surface area (Å²) in [4.78, 5) is 12.0. The quantitative estimate of drug-likeness (QED) is 0.755. The molecule has 2 N–H and O–H groups in total. The van der Waals surface area contributed by atoms with E-state index in [0.717, 1.165) is 12.0 Å². The number of methoxy groups -OCH3 is 1. The summed E-state index contributed by atoms with van der Waals surface area (Å²) in [7, 11) is -2.08. The van der Waals surface area contributed by atoms with E-state index in [2.05, 4.69) is 10.0 Å². The zero-order valence-electron chi connectivity index (χ0n) is 14.3. The summed E-state index contributed by atoms with van der Waals surface area (Å²) in [6, 6.07) is 13.0. The van der Waals surface area contributed by atoms with Gasteiger partial charge in [0.1, 0.15) is 5.75 Å². The number of hydrogen-bond acceptors (Lipinski definition) is 4. The highest BCUT2D eigenvalue weighted by Gasteiger charge is 2.13. The molecule has 2 aromatic carbocycles. The monoisotopic (exact) mass is 362 g/mol. The van der Waals surface area contributed by atoms with Crippen molar-refractivity contribution in [2.24, 2.45) is 0 Å². The second kappa shape index (κ2) is 8.64. The summed E-state index contributed by atoms with van der Waals surface area (Å²) >= 11 is 0. The largest absolute Gasteiger partial charge is 0.497 e. The van der Waals surface area contributed by atoms with Crippen molar-refractivity contribution in [1.82, 2.24) is 10.0 Å². The van der Waals surface area contributed by atoms with Gasteiger partial charge in [-0.15, -0.1) is 0 Å². The van der Waals surface area contributed by atoms with Crippen molar-refractivity contribution in [3.05, 3.63) is 59.7 Å². The predicted molar refractivity (Wildman–Crippen MR) is 96.1 cm³/mol. The van der Waals surface area contributed by atoms with Crippen LogP contribution in [0.2, 0.25) is 0 Å². The van der Waals surface area contributed by atoms with Crippen LogP contribution in [0.5, 0.6) is 5.75 Å². The zero-order chi connectivity index (χ0) is 18.3. The first-order valence-corrected chi connectivity index (χ1v) is 9.45. The van der Waals surface area contributed by atoms with Crippen LogP contribution in [0.4, 0.5) is 0 Å². The maximum atomic E-state index is 12.3. The van der Waals surface area contributed by atoms with Gasteiger partial charge in [-0.3, -0.25) is 4.79 Å². The van der Waals surface area contributed by atoms with Crippen LogP contribution in [0.1, 0.15) is 29.3 Å². The summed E-state index contributed by atoms with van der Waals surface area (Å²) < 4.78 is 32.1. The van der Waals surface area contributed by atoms with Gasteiger partial charge in [-0.2, -0.15) is 0 Å². The SMILES string of the molecule is CCCNC(=O)c1ccc(CNS(=O)(=O)c2ccc(OC)cc2)cc1. The van der Waals surface area contributed by atoms with Gasteiger partial charge in [0.05, 0.1) is 12.0 Å². The lowest BCUT2D eigenvalue weighted by molar-refractivity contribution is 0.0953. The molecule has 25 heavy (non-hydrogen) atoms. The number of carbonyl (C=O) groups excluding carboxylic acids is 1. The Labute approximate surface area is 148 Å². The Bertz CT molecular complexity index is 800. The van der Waals surface area contributed by atoms with Crippen LogP contribution < -0.4 is 14.8 Å². The van der Waals surface area contributed by atoms with Gasteiger partial charge in [0, 0.05) is 18.7 Å². The van der Waals surface area contributed by atoms with Crippen molar-refractivity contribution in [3.8, 4) is 5.75 Å². The van der Waals surface area contributed by atoms with E-state index in [9.17, 15) is 13.2 Å². The molecule has 2 rings (SSSR count). The molecule has 1 amide bonds. The highest BCUT2D eigenvalue weighted by atomic mass is 32.2. The number of carbonyl (C=O) groups is 1. The Balaban J connectivity index is 1.98. The highest BCUT2D eigenvalue weighted by molar-refractivity contribution is 7.89. The predicted octanol–water partition coefficient (Wildman–Crippen LogP) is 2.31. The first-order chi connectivity index (χ1) is 12.0. The summed E-state index contributed by atoms with van der Waals surface area (Å²) in [5, 5.41) is 2.79. The van der Waals surface area contributed by atoms with Gasteiger partial charge >= 0.3 is 0 Å². The molecule has 2 aromatic rings. The van der Waals surface area contributed by atoms with E-state index in [1.54, 1.807) is 36.4 Å². The summed E-state index contributed by atoms with van der Waals surface area (Å²) in [5.74, 6) is 0.461. The van der Waals surface area contributed by atoms with Crippen LogP contribution in [0.25, 0.3) is 0 Å². The smallest absolute Gasteiger partial charge is 0.251 e. The van der Waals surface area contributed by atoms with Crippen LogP contribution in [0.15, 0.2) is 53.4 Å². The molecule has 6 nitrogen and oxygen atoms in total. The Morgan fingerprint density at radius 3 is 2.24 bits per heavy atom. The fraction of sp³-hybridized carbons (Fsp3) is 0.278. The first-order valence-electron chi connectivity index (χ1n) is 7.97. The molecule has 0 spiro atoms. The maximum Gasteiger partial charge on any atom is 0.251 e. The van der Waals surface area contributed by atoms with Crippen LogP contribution in [-0.4, -0.2) is 28.0 Å². The molecule has 0 atom stereocenters. The number of sulfonamides is 1. The van der Waals surface area contributed by atoms with Gasteiger partial charge in [0.15, 0.2) is 0 Å². The molecule has 134 valence electrons. The van der Waals surface area contributed by atoms with E-state index in [4.69, 9.17) is 4.74 Å². The molecule has 0 heterocycles. The first kappa shape index (κ1) is 19.0. The zero-order valence-corrected chi connectivity index (χ0v) is 15.1. The van der Waals surface area contributed by atoms with E-state index < -0.39 is 10.0 Å². The number of amides is 1. The molecule has 0 fully saturated rings. The molecule has 7 heteroatoms. The summed E-state index contributed by atoms with van der Waals surface area (Å²) in [6.45, 7) is 2.76. The molecule has 0 aromatic heterocycles. The second-order valence-corrected chi connectivity index (χ2v) is 7.22. The maximum absolute atomic E-state index is 12.3. The molecule has 0 aliphatic carbocycles. The van der Waals surface area contributed by atoms with Crippen LogP contribution >= 0.6 is 0 Å². The minimum atomic E-state index is -3.61. The van der Waals surface area contributed by atoms with Crippen LogP contribution in [0, 0.1) is 0 Å². The third-order valence-electron chi connectivity index (χ3n) is 3.59. The molecule has 0 aliphatic heterocycles. The fourth-order valence-electron chi connectivity index (χ4n) is 2.13. The van der Waals surface area contributed by atoms with Crippen molar-refractivity contribution in [2.75, 3.05) is 13.7 Å². The normalized spacial score (nSPS) is 11.1. The standard InChI is InChI=1S/C18H22N2O4S/c1-3-12-19-18(21)15-6-4-14(5-7-15)13-20-25(22,23)17-10-8-16(24-2)9-11-17/h4-11,20H,3,12-13H2,1-2H3,(H,19,21). The third kappa shape index (κ3) is 5.30. The highest BCUT2D eigenvalue weighted by Crippen LogP contribution is 2.15. The van der Waals surface area contributed by atoms with Gasteiger partial charge in [-0.25, -0.2) is 13.1 Å². The average molecular weight is 362 g/mol. The van der Waals surface area contributed by atoms with E-state index in [1.165, 1.54) is 19.2 Å². The van der Waals surface area contributed by atoms with Crippen molar-refractivity contribution < 1.29 is 17.9 Å². The molecule has 0 saturated heterocycles.